The average molecular weight is 354 g/mol. The quantitative estimate of drug-likeness (QED) is 0.791. The number of nitrogens with two attached hydrogens (primary N) is 1. The molecule has 128 valence electrons. The van der Waals surface area contributed by atoms with E-state index < -0.39 is 38.4 Å². The van der Waals surface area contributed by atoms with Gasteiger partial charge in [0, 0.05) is 6.54 Å². The van der Waals surface area contributed by atoms with Crippen LogP contribution in [0, 0.1) is 17.6 Å². The van der Waals surface area contributed by atoms with Gasteiger partial charge in [0.05, 0.1) is 5.92 Å². The highest BCUT2D eigenvalue weighted by Crippen LogP contribution is 2.15. The second kappa shape index (κ2) is 7.50. The largest absolute Gasteiger partial charge is 0.369 e. The normalized spacial score (nSPS) is 12.8. The zero-order chi connectivity index (χ0) is 17.7. The molecular formula is C16H16F2N2O3S. The summed E-state index contributed by atoms with van der Waals surface area (Å²) >= 11 is 0. The summed E-state index contributed by atoms with van der Waals surface area (Å²) in [6, 6.07) is 10.3. The van der Waals surface area contributed by atoms with Gasteiger partial charge in [0.15, 0.2) is 0 Å². The molecule has 0 aliphatic heterocycles. The molecule has 0 fully saturated rings. The molecule has 3 N–H and O–H groups in total. The second-order valence-corrected chi connectivity index (χ2v) is 6.95. The van der Waals surface area contributed by atoms with Gasteiger partial charge in [-0.3, -0.25) is 4.79 Å². The molecule has 0 saturated carbocycles. The first-order chi connectivity index (χ1) is 11.3. The Hall–Kier alpha value is -2.32. The van der Waals surface area contributed by atoms with Crippen LogP contribution in [0.3, 0.4) is 0 Å². The standard InChI is InChI=1S/C16H16F2N2O3S/c17-13-7-5-11(6-8-13)9-12(16(19)21)10-20-24(22,23)15-4-2-1-3-14(15)18/h1-8,12,20H,9-10H2,(H2,19,21). The van der Waals surface area contributed by atoms with Crippen LogP contribution in [0.15, 0.2) is 53.4 Å². The van der Waals surface area contributed by atoms with Crippen molar-refractivity contribution in [1.29, 1.82) is 0 Å². The molecule has 0 radical (unpaired) electrons. The van der Waals surface area contributed by atoms with Gasteiger partial charge in [-0.2, -0.15) is 0 Å². The predicted octanol–water partition coefficient (Wildman–Crippen LogP) is 1.59. The van der Waals surface area contributed by atoms with Crippen molar-refractivity contribution < 1.29 is 22.0 Å². The highest BCUT2D eigenvalue weighted by molar-refractivity contribution is 7.89. The first-order valence-electron chi connectivity index (χ1n) is 7.07. The minimum absolute atomic E-state index is 0.134. The fourth-order valence-electron chi connectivity index (χ4n) is 2.13. The third-order valence-corrected chi connectivity index (χ3v) is 4.90. The van der Waals surface area contributed by atoms with Crippen LogP contribution in [0.25, 0.3) is 0 Å². The number of benzene rings is 2. The summed E-state index contributed by atoms with van der Waals surface area (Å²) in [4.78, 5) is 11.0. The van der Waals surface area contributed by atoms with Gasteiger partial charge < -0.3 is 5.73 Å². The topological polar surface area (TPSA) is 89.3 Å². The van der Waals surface area contributed by atoms with Crippen LogP contribution < -0.4 is 10.5 Å². The molecule has 8 heteroatoms. The van der Waals surface area contributed by atoms with Gasteiger partial charge in [-0.15, -0.1) is 0 Å². The molecule has 24 heavy (non-hydrogen) atoms. The minimum atomic E-state index is -4.11. The van der Waals surface area contributed by atoms with Gasteiger partial charge in [0.2, 0.25) is 15.9 Å². The molecule has 0 heterocycles. The number of sulfonamides is 1. The lowest BCUT2D eigenvalue weighted by Crippen LogP contribution is -2.37. The Kier molecular flexibility index (Phi) is 5.63. The van der Waals surface area contributed by atoms with Crippen molar-refractivity contribution in [2.24, 2.45) is 11.7 Å². The van der Waals surface area contributed by atoms with Crippen molar-refractivity contribution in [1.82, 2.24) is 4.72 Å². The van der Waals surface area contributed by atoms with E-state index in [1.807, 2.05) is 0 Å². The van der Waals surface area contributed by atoms with E-state index in [-0.39, 0.29) is 13.0 Å². The lowest BCUT2D eigenvalue weighted by Gasteiger charge is -2.15. The van der Waals surface area contributed by atoms with Crippen molar-refractivity contribution in [2.45, 2.75) is 11.3 Å². The monoisotopic (exact) mass is 354 g/mol. The van der Waals surface area contributed by atoms with Crippen LogP contribution in [0.2, 0.25) is 0 Å². The molecule has 1 atom stereocenters. The van der Waals surface area contributed by atoms with E-state index in [0.717, 1.165) is 12.1 Å². The van der Waals surface area contributed by atoms with E-state index in [9.17, 15) is 22.0 Å². The molecule has 0 aliphatic carbocycles. The molecule has 1 unspecified atom stereocenters. The average Bonchev–Trinajstić information content (AvgIpc) is 2.53. The number of primary amides is 1. The SMILES string of the molecule is NC(=O)C(CNS(=O)(=O)c1ccccc1F)Cc1ccc(F)cc1. The van der Waals surface area contributed by atoms with Crippen molar-refractivity contribution in [2.75, 3.05) is 6.54 Å². The van der Waals surface area contributed by atoms with E-state index in [4.69, 9.17) is 5.73 Å². The molecule has 2 aromatic carbocycles. The van der Waals surface area contributed by atoms with Crippen molar-refractivity contribution >= 4 is 15.9 Å². The summed E-state index contributed by atoms with van der Waals surface area (Å²) in [5.41, 5.74) is 5.92. The number of hydrogen-bond acceptors (Lipinski definition) is 3. The summed E-state index contributed by atoms with van der Waals surface area (Å²) in [6.07, 6.45) is 0.134. The van der Waals surface area contributed by atoms with Gasteiger partial charge in [0.25, 0.3) is 0 Å². The maximum atomic E-state index is 13.6. The number of nitrogens with one attached hydrogen (secondary N) is 1. The molecule has 1 amide bonds. The Morgan fingerprint density at radius 3 is 2.29 bits per heavy atom. The van der Waals surface area contributed by atoms with Crippen LogP contribution >= 0.6 is 0 Å². The maximum absolute atomic E-state index is 13.6. The Morgan fingerprint density at radius 2 is 1.71 bits per heavy atom. The summed E-state index contributed by atoms with van der Waals surface area (Å²) < 4.78 is 52.9. The number of carbonyl (C=O) groups excluding carboxylic acids is 1. The van der Waals surface area contributed by atoms with Gasteiger partial charge in [-0.25, -0.2) is 21.9 Å². The number of hydrogen-bond donors (Lipinski definition) is 2. The highest BCUT2D eigenvalue weighted by atomic mass is 32.2. The molecule has 2 rings (SSSR count). The maximum Gasteiger partial charge on any atom is 0.243 e. The van der Waals surface area contributed by atoms with Crippen LogP contribution in [0.1, 0.15) is 5.56 Å². The molecule has 5 nitrogen and oxygen atoms in total. The lowest BCUT2D eigenvalue weighted by atomic mass is 9.99. The Labute approximate surface area is 138 Å². The molecule has 0 aliphatic rings. The van der Waals surface area contributed by atoms with Crippen molar-refractivity contribution in [3.63, 3.8) is 0 Å². The Morgan fingerprint density at radius 1 is 1.08 bits per heavy atom. The third-order valence-electron chi connectivity index (χ3n) is 3.44. The summed E-state index contributed by atoms with van der Waals surface area (Å²) in [7, 11) is -4.11. The van der Waals surface area contributed by atoms with Crippen LogP contribution in [-0.4, -0.2) is 20.9 Å². The zero-order valence-corrected chi connectivity index (χ0v) is 13.4. The van der Waals surface area contributed by atoms with Crippen molar-refractivity contribution in [3.8, 4) is 0 Å². The molecule has 0 aromatic heterocycles. The first-order valence-corrected chi connectivity index (χ1v) is 8.56. The van der Waals surface area contributed by atoms with E-state index in [0.29, 0.717) is 5.56 Å². The highest BCUT2D eigenvalue weighted by Gasteiger charge is 2.23. The molecule has 0 saturated heterocycles. The van der Waals surface area contributed by atoms with Gasteiger partial charge in [0.1, 0.15) is 16.5 Å². The first kappa shape index (κ1) is 18.0. The van der Waals surface area contributed by atoms with E-state index in [1.165, 1.54) is 36.4 Å². The minimum Gasteiger partial charge on any atom is -0.369 e. The summed E-state index contributed by atoms with van der Waals surface area (Å²) in [5, 5.41) is 0. The Balaban J connectivity index is 2.10. The van der Waals surface area contributed by atoms with Crippen molar-refractivity contribution in [3.05, 3.63) is 65.7 Å². The lowest BCUT2D eigenvalue weighted by molar-refractivity contribution is -0.121. The van der Waals surface area contributed by atoms with Crippen LogP contribution in [-0.2, 0) is 21.2 Å². The van der Waals surface area contributed by atoms with E-state index in [1.54, 1.807) is 0 Å². The fraction of sp³-hybridized carbons (Fsp3) is 0.188. The third kappa shape index (κ3) is 4.59. The van der Waals surface area contributed by atoms with Gasteiger partial charge in [-0.05, 0) is 36.2 Å². The summed E-state index contributed by atoms with van der Waals surface area (Å²) in [5.74, 6) is -2.87. The fourth-order valence-corrected chi connectivity index (χ4v) is 3.29. The van der Waals surface area contributed by atoms with Gasteiger partial charge >= 0.3 is 0 Å². The van der Waals surface area contributed by atoms with Gasteiger partial charge in [-0.1, -0.05) is 24.3 Å². The smallest absolute Gasteiger partial charge is 0.243 e. The second-order valence-electron chi connectivity index (χ2n) is 5.21. The number of amides is 1. The zero-order valence-electron chi connectivity index (χ0n) is 12.6. The Bertz CT molecular complexity index is 823. The molecule has 0 spiro atoms. The number of carbonyl (C=O) groups is 1. The number of halogens is 2. The van der Waals surface area contributed by atoms with E-state index >= 15 is 0 Å². The molecule has 0 bridgehead atoms. The summed E-state index contributed by atoms with van der Waals surface area (Å²) in [6.45, 7) is -0.288. The molecule has 2 aromatic rings. The van der Waals surface area contributed by atoms with Crippen LogP contribution in [0.4, 0.5) is 8.78 Å². The predicted molar refractivity (Wildman–Crippen MR) is 84.4 cm³/mol. The van der Waals surface area contributed by atoms with E-state index in [2.05, 4.69) is 4.72 Å². The molecular weight excluding hydrogens is 338 g/mol. The van der Waals surface area contributed by atoms with Crippen LogP contribution in [0.5, 0.6) is 0 Å². The number of rotatable bonds is 7.